The molecule has 1 saturated carbocycles. The summed E-state index contributed by atoms with van der Waals surface area (Å²) < 4.78 is 16.4. The highest BCUT2D eigenvalue weighted by atomic mass is 16.5. The summed E-state index contributed by atoms with van der Waals surface area (Å²) in [7, 11) is 1.47. The van der Waals surface area contributed by atoms with Gasteiger partial charge in [0.2, 0.25) is 0 Å². The first-order valence-electron chi connectivity index (χ1n) is 8.46. The highest BCUT2D eigenvalue weighted by Gasteiger charge is 2.26. The van der Waals surface area contributed by atoms with Crippen LogP contribution in [-0.4, -0.2) is 32.3 Å². The summed E-state index contributed by atoms with van der Waals surface area (Å²) >= 11 is 0. The first-order valence-corrected chi connectivity index (χ1v) is 8.46. The van der Waals surface area contributed by atoms with Gasteiger partial charge in [0.25, 0.3) is 0 Å². The van der Waals surface area contributed by atoms with Gasteiger partial charge in [-0.3, -0.25) is 4.79 Å². The van der Waals surface area contributed by atoms with E-state index in [0.717, 1.165) is 55.7 Å². The maximum absolute atomic E-state index is 11.6. The molecule has 0 spiro atoms. The summed E-state index contributed by atoms with van der Waals surface area (Å²) in [6, 6.07) is 6.50. The average Bonchev–Trinajstić information content (AvgIpc) is 2.85. The minimum absolute atomic E-state index is 0.0672. The molecular weight excluding hydrogens is 294 g/mol. The Morgan fingerprint density at radius 2 is 2.00 bits per heavy atom. The summed E-state index contributed by atoms with van der Waals surface area (Å²) in [5.74, 6) is 1.72. The Balaban J connectivity index is 1.54. The summed E-state index contributed by atoms with van der Waals surface area (Å²) in [4.78, 5) is 11.6. The standard InChI is InChI=1S/C18H25NO4/c1-21-18(20)13-6-8-15(9-7-13)19-12-14-4-2-5-16-17(14)23-11-3-10-22-16/h2,4-5,13,15,19H,3,6-12H2,1H3. The van der Waals surface area contributed by atoms with Gasteiger partial charge in [-0.2, -0.15) is 0 Å². The van der Waals surface area contributed by atoms with Crippen molar-refractivity contribution in [2.45, 2.75) is 44.7 Å². The Morgan fingerprint density at radius 3 is 2.78 bits per heavy atom. The van der Waals surface area contributed by atoms with Crippen molar-refractivity contribution in [1.29, 1.82) is 0 Å². The number of benzene rings is 1. The molecule has 0 bridgehead atoms. The van der Waals surface area contributed by atoms with Gasteiger partial charge in [-0.25, -0.2) is 0 Å². The lowest BCUT2D eigenvalue weighted by Crippen LogP contribution is -2.34. The van der Waals surface area contributed by atoms with Crippen LogP contribution in [0.1, 0.15) is 37.7 Å². The van der Waals surface area contributed by atoms with E-state index in [0.29, 0.717) is 19.3 Å². The van der Waals surface area contributed by atoms with Gasteiger partial charge in [0, 0.05) is 24.6 Å². The lowest BCUT2D eigenvalue weighted by molar-refractivity contribution is -0.146. The zero-order valence-corrected chi connectivity index (χ0v) is 13.7. The summed E-state index contributed by atoms with van der Waals surface area (Å²) in [5, 5.41) is 3.60. The third-order valence-electron chi connectivity index (χ3n) is 4.70. The minimum Gasteiger partial charge on any atom is -0.490 e. The van der Waals surface area contributed by atoms with Crippen molar-refractivity contribution in [3.63, 3.8) is 0 Å². The predicted octanol–water partition coefficient (Wildman–Crippen LogP) is 2.67. The second kappa shape index (κ2) is 7.68. The Labute approximate surface area is 137 Å². The fourth-order valence-electron chi connectivity index (χ4n) is 3.35. The van der Waals surface area contributed by atoms with Crippen molar-refractivity contribution in [3.05, 3.63) is 23.8 Å². The molecule has 0 saturated heterocycles. The van der Waals surface area contributed by atoms with Gasteiger partial charge in [0.15, 0.2) is 11.5 Å². The molecule has 1 fully saturated rings. The van der Waals surface area contributed by atoms with Gasteiger partial charge in [0.05, 0.1) is 26.2 Å². The number of ether oxygens (including phenoxy) is 3. The Morgan fingerprint density at radius 1 is 1.22 bits per heavy atom. The van der Waals surface area contributed by atoms with Gasteiger partial charge in [-0.05, 0) is 31.7 Å². The molecule has 23 heavy (non-hydrogen) atoms. The van der Waals surface area contributed by atoms with Crippen molar-refractivity contribution in [3.8, 4) is 11.5 Å². The molecule has 126 valence electrons. The number of esters is 1. The largest absolute Gasteiger partial charge is 0.490 e. The van der Waals surface area contributed by atoms with E-state index in [1.165, 1.54) is 7.11 Å². The summed E-state index contributed by atoms with van der Waals surface area (Å²) in [6.45, 7) is 2.18. The zero-order valence-electron chi connectivity index (χ0n) is 13.7. The number of hydrogen-bond acceptors (Lipinski definition) is 5. The summed E-state index contributed by atoms with van der Waals surface area (Å²) in [6.07, 6.45) is 4.73. The quantitative estimate of drug-likeness (QED) is 0.865. The Bertz CT molecular complexity index is 538. The van der Waals surface area contributed by atoms with E-state index in [1.807, 2.05) is 12.1 Å². The van der Waals surface area contributed by atoms with Gasteiger partial charge in [-0.1, -0.05) is 12.1 Å². The molecule has 1 heterocycles. The number of hydrogen-bond donors (Lipinski definition) is 1. The number of para-hydroxylation sites is 1. The molecule has 2 aliphatic rings. The topological polar surface area (TPSA) is 56.8 Å². The maximum Gasteiger partial charge on any atom is 0.308 e. The third kappa shape index (κ3) is 3.96. The number of carbonyl (C=O) groups is 1. The normalized spacial score (nSPS) is 23.9. The maximum atomic E-state index is 11.6. The number of nitrogens with one attached hydrogen (secondary N) is 1. The van der Waals surface area contributed by atoms with Crippen LogP contribution in [0.15, 0.2) is 18.2 Å². The molecule has 0 atom stereocenters. The highest BCUT2D eigenvalue weighted by Crippen LogP contribution is 2.33. The SMILES string of the molecule is COC(=O)C1CCC(NCc2cccc3c2OCCCO3)CC1. The smallest absolute Gasteiger partial charge is 0.308 e. The van der Waals surface area contributed by atoms with E-state index in [2.05, 4.69) is 11.4 Å². The molecule has 1 aromatic rings. The molecule has 0 radical (unpaired) electrons. The molecule has 0 aromatic heterocycles. The Kier molecular flexibility index (Phi) is 5.39. The van der Waals surface area contributed by atoms with Crippen molar-refractivity contribution in [1.82, 2.24) is 5.32 Å². The Hall–Kier alpha value is -1.75. The number of methoxy groups -OCH3 is 1. The fourth-order valence-corrected chi connectivity index (χ4v) is 3.35. The van der Waals surface area contributed by atoms with E-state index in [9.17, 15) is 4.79 Å². The van der Waals surface area contributed by atoms with Gasteiger partial charge >= 0.3 is 5.97 Å². The van der Waals surface area contributed by atoms with Crippen LogP contribution in [0, 0.1) is 5.92 Å². The molecule has 5 nitrogen and oxygen atoms in total. The second-order valence-electron chi connectivity index (χ2n) is 6.25. The van der Waals surface area contributed by atoms with E-state index in [1.54, 1.807) is 0 Å². The molecule has 1 aliphatic carbocycles. The van der Waals surface area contributed by atoms with Crippen LogP contribution in [0.25, 0.3) is 0 Å². The van der Waals surface area contributed by atoms with Crippen molar-refractivity contribution in [2.24, 2.45) is 5.92 Å². The first-order chi connectivity index (χ1) is 11.3. The van der Waals surface area contributed by atoms with Crippen LogP contribution in [0.5, 0.6) is 11.5 Å². The number of rotatable bonds is 4. The monoisotopic (exact) mass is 319 g/mol. The van der Waals surface area contributed by atoms with Crippen molar-refractivity contribution < 1.29 is 19.0 Å². The molecule has 0 amide bonds. The van der Waals surface area contributed by atoms with Crippen LogP contribution in [0.4, 0.5) is 0 Å². The van der Waals surface area contributed by atoms with Crippen molar-refractivity contribution in [2.75, 3.05) is 20.3 Å². The number of fused-ring (bicyclic) bond motifs is 1. The lowest BCUT2D eigenvalue weighted by Gasteiger charge is -2.28. The minimum atomic E-state index is -0.0672. The van der Waals surface area contributed by atoms with Crippen LogP contribution in [0.2, 0.25) is 0 Å². The van der Waals surface area contributed by atoms with E-state index in [-0.39, 0.29) is 11.9 Å². The van der Waals surface area contributed by atoms with Crippen LogP contribution >= 0.6 is 0 Å². The average molecular weight is 319 g/mol. The first kappa shape index (κ1) is 16.1. The zero-order chi connectivity index (χ0) is 16.1. The van der Waals surface area contributed by atoms with Crippen LogP contribution < -0.4 is 14.8 Å². The molecule has 1 aliphatic heterocycles. The molecule has 3 rings (SSSR count). The van der Waals surface area contributed by atoms with Crippen LogP contribution in [-0.2, 0) is 16.1 Å². The fraction of sp³-hybridized carbons (Fsp3) is 0.611. The van der Waals surface area contributed by atoms with Gasteiger partial charge < -0.3 is 19.5 Å². The second-order valence-corrected chi connectivity index (χ2v) is 6.25. The predicted molar refractivity (Wildman–Crippen MR) is 86.7 cm³/mol. The van der Waals surface area contributed by atoms with E-state index in [4.69, 9.17) is 14.2 Å². The molecule has 0 unspecified atom stereocenters. The molecule has 1 aromatic carbocycles. The summed E-state index contributed by atoms with van der Waals surface area (Å²) in [5.41, 5.74) is 1.14. The van der Waals surface area contributed by atoms with Crippen LogP contribution in [0.3, 0.4) is 0 Å². The third-order valence-corrected chi connectivity index (χ3v) is 4.70. The lowest BCUT2D eigenvalue weighted by atomic mass is 9.86. The van der Waals surface area contributed by atoms with Gasteiger partial charge in [-0.15, -0.1) is 0 Å². The molecule has 1 N–H and O–H groups in total. The molecule has 5 heteroatoms. The van der Waals surface area contributed by atoms with Gasteiger partial charge in [0.1, 0.15) is 0 Å². The van der Waals surface area contributed by atoms with E-state index < -0.39 is 0 Å². The van der Waals surface area contributed by atoms with Crippen molar-refractivity contribution >= 4 is 5.97 Å². The molecular formula is C18H25NO4. The number of carbonyl (C=O) groups excluding carboxylic acids is 1. The highest BCUT2D eigenvalue weighted by molar-refractivity contribution is 5.72. The van der Waals surface area contributed by atoms with E-state index >= 15 is 0 Å².